The summed E-state index contributed by atoms with van der Waals surface area (Å²) >= 11 is 0. The van der Waals surface area contributed by atoms with E-state index in [1.165, 1.54) is 24.3 Å². The Bertz CT molecular complexity index is 823. The predicted molar refractivity (Wildman–Crippen MR) is 102 cm³/mol. The zero-order chi connectivity index (χ0) is 21.3. The van der Waals surface area contributed by atoms with E-state index in [4.69, 9.17) is 9.47 Å². The average molecular weight is 410 g/mol. The Hall–Kier alpha value is -3.07. The highest BCUT2D eigenvalue weighted by molar-refractivity contribution is 6.01. The van der Waals surface area contributed by atoms with Crippen LogP contribution in [0.25, 0.3) is 0 Å². The van der Waals surface area contributed by atoms with E-state index in [2.05, 4.69) is 5.32 Å². The quantitative estimate of drug-likeness (QED) is 0.610. The number of alkyl halides is 3. The summed E-state index contributed by atoms with van der Waals surface area (Å²) < 4.78 is 47.8. The van der Waals surface area contributed by atoms with E-state index in [-0.39, 0.29) is 17.8 Å². The topological polar surface area (TPSA) is 76.7 Å². The summed E-state index contributed by atoms with van der Waals surface area (Å²) in [6, 6.07) is 13.1. The zero-order valence-electron chi connectivity index (χ0n) is 15.7. The minimum atomic E-state index is -5.02. The Morgan fingerprint density at radius 1 is 0.966 bits per heavy atom. The van der Waals surface area contributed by atoms with Gasteiger partial charge in [0.15, 0.2) is 0 Å². The third kappa shape index (κ3) is 7.46. The average Bonchev–Trinajstić information content (AvgIpc) is 2.69. The van der Waals surface area contributed by atoms with Crippen molar-refractivity contribution in [2.24, 2.45) is 0 Å². The third-order valence-corrected chi connectivity index (χ3v) is 3.83. The van der Waals surface area contributed by atoms with Crippen molar-refractivity contribution in [1.29, 1.82) is 0 Å². The second kappa shape index (κ2) is 10.5. The number of hydrogen-bond donors (Lipinski definition) is 2. The highest BCUT2D eigenvalue weighted by Gasteiger charge is 2.39. The molecular weight excluding hydrogens is 389 g/mol. The van der Waals surface area contributed by atoms with Crippen LogP contribution < -0.4 is 15.4 Å². The maximum absolute atomic E-state index is 12.4. The SMILES string of the molecule is COc1ccc(COCCCC(=O)Nc2ccccc2NC(=O)C(F)(F)F)cc1. The number of para-hydroxylation sites is 2. The number of carbonyl (C=O) groups excluding carboxylic acids is 2. The van der Waals surface area contributed by atoms with Gasteiger partial charge in [0.2, 0.25) is 5.91 Å². The molecule has 0 bridgehead atoms. The van der Waals surface area contributed by atoms with Crippen LogP contribution in [-0.2, 0) is 20.9 Å². The van der Waals surface area contributed by atoms with E-state index in [0.717, 1.165) is 11.3 Å². The maximum atomic E-state index is 12.4. The molecule has 0 aliphatic carbocycles. The van der Waals surface area contributed by atoms with E-state index in [0.29, 0.717) is 19.6 Å². The Kier molecular flexibility index (Phi) is 8.02. The smallest absolute Gasteiger partial charge is 0.471 e. The molecule has 0 spiro atoms. The molecule has 0 saturated carbocycles. The first-order valence-corrected chi connectivity index (χ1v) is 8.77. The number of halogens is 3. The summed E-state index contributed by atoms with van der Waals surface area (Å²) in [7, 11) is 1.58. The lowest BCUT2D eigenvalue weighted by Crippen LogP contribution is -2.30. The second-order valence-corrected chi connectivity index (χ2v) is 6.05. The minimum absolute atomic E-state index is 0.0919. The van der Waals surface area contributed by atoms with Crippen LogP contribution in [0.2, 0.25) is 0 Å². The number of nitrogens with one attached hydrogen (secondary N) is 2. The highest BCUT2D eigenvalue weighted by atomic mass is 19.4. The van der Waals surface area contributed by atoms with Crippen LogP contribution in [0.3, 0.4) is 0 Å². The van der Waals surface area contributed by atoms with Crippen molar-refractivity contribution in [1.82, 2.24) is 0 Å². The molecule has 0 radical (unpaired) electrons. The van der Waals surface area contributed by atoms with Gasteiger partial charge in [-0.15, -0.1) is 0 Å². The number of methoxy groups -OCH3 is 1. The van der Waals surface area contributed by atoms with Crippen molar-refractivity contribution >= 4 is 23.2 Å². The molecule has 2 aromatic rings. The highest BCUT2D eigenvalue weighted by Crippen LogP contribution is 2.24. The van der Waals surface area contributed by atoms with Gasteiger partial charge in [-0.2, -0.15) is 13.2 Å². The minimum Gasteiger partial charge on any atom is -0.497 e. The number of hydrogen-bond acceptors (Lipinski definition) is 4. The molecule has 0 aliphatic rings. The van der Waals surface area contributed by atoms with Gasteiger partial charge < -0.3 is 20.1 Å². The Morgan fingerprint density at radius 2 is 1.59 bits per heavy atom. The summed E-state index contributed by atoms with van der Waals surface area (Å²) in [6.45, 7) is 0.726. The molecule has 0 atom stereocenters. The number of benzene rings is 2. The first kappa shape index (κ1) is 22.2. The molecular formula is C20H21F3N2O4. The third-order valence-electron chi connectivity index (χ3n) is 3.83. The molecule has 156 valence electrons. The van der Waals surface area contributed by atoms with E-state index in [9.17, 15) is 22.8 Å². The largest absolute Gasteiger partial charge is 0.497 e. The van der Waals surface area contributed by atoms with E-state index in [1.54, 1.807) is 12.4 Å². The molecule has 9 heteroatoms. The van der Waals surface area contributed by atoms with Gasteiger partial charge >= 0.3 is 12.1 Å². The van der Waals surface area contributed by atoms with Crippen molar-refractivity contribution in [3.63, 3.8) is 0 Å². The fraction of sp³-hybridized carbons (Fsp3) is 0.300. The van der Waals surface area contributed by atoms with Gasteiger partial charge in [-0.25, -0.2) is 0 Å². The number of ether oxygens (including phenoxy) is 2. The van der Waals surface area contributed by atoms with Crippen molar-refractivity contribution in [3.05, 3.63) is 54.1 Å². The van der Waals surface area contributed by atoms with Crippen molar-refractivity contribution in [3.8, 4) is 5.75 Å². The summed E-state index contributed by atoms with van der Waals surface area (Å²) in [6.07, 6.45) is -4.47. The standard InChI is InChI=1S/C20H21F3N2O4/c1-28-15-10-8-14(9-11-15)13-29-12-4-7-18(26)24-16-5-2-3-6-17(16)25-19(27)20(21,22)23/h2-3,5-6,8-11H,4,7,12-13H2,1H3,(H,24,26)(H,25,27). The van der Waals surface area contributed by atoms with E-state index in [1.807, 2.05) is 24.3 Å². The summed E-state index contributed by atoms with van der Waals surface area (Å²) in [5.74, 6) is -1.75. The maximum Gasteiger partial charge on any atom is 0.471 e. The molecule has 0 aliphatic heterocycles. The van der Waals surface area contributed by atoms with Crippen LogP contribution >= 0.6 is 0 Å². The van der Waals surface area contributed by atoms with Crippen LogP contribution in [0.5, 0.6) is 5.75 Å². The van der Waals surface area contributed by atoms with Gasteiger partial charge in [0.05, 0.1) is 25.1 Å². The molecule has 6 nitrogen and oxygen atoms in total. The van der Waals surface area contributed by atoms with Gasteiger partial charge in [0.1, 0.15) is 5.75 Å². The number of carbonyl (C=O) groups is 2. The molecule has 2 aromatic carbocycles. The van der Waals surface area contributed by atoms with Crippen molar-refractivity contribution in [2.45, 2.75) is 25.6 Å². The number of rotatable bonds is 9. The molecule has 0 heterocycles. The molecule has 0 aromatic heterocycles. The summed E-state index contributed by atoms with van der Waals surface area (Å²) in [4.78, 5) is 23.1. The predicted octanol–water partition coefficient (Wildman–Crippen LogP) is 4.13. The van der Waals surface area contributed by atoms with Crippen LogP contribution in [0.15, 0.2) is 48.5 Å². The molecule has 0 unspecified atom stereocenters. The van der Waals surface area contributed by atoms with Gasteiger partial charge in [0.25, 0.3) is 0 Å². The van der Waals surface area contributed by atoms with Gasteiger partial charge in [-0.3, -0.25) is 9.59 Å². The molecule has 2 N–H and O–H groups in total. The fourth-order valence-electron chi connectivity index (χ4n) is 2.35. The van der Waals surface area contributed by atoms with Crippen molar-refractivity contribution < 1.29 is 32.2 Å². The molecule has 0 saturated heterocycles. The molecule has 2 rings (SSSR count). The molecule has 0 fully saturated rings. The van der Waals surface area contributed by atoms with E-state index < -0.39 is 18.0 Å². The van der Waals surface area contributed by atoms with Crippen LogP contribution in [0.4, 0.5) is 24.5 Å². The summed E-state index contributed by atoms with van der Waals surface area (Å²) in [5, 5.41) is 4.24. The number of anilines is 2. The first-order chi connectivity index (χ1) is 13.8. The lowest BCUT2D eigenvalue weighted by atomic mass is 10.2. The number of amides is 2. The van der Waals surface area contributed by atoms with Gasteiger partial charge in [-0.05, 0) is 36.2 Å². The Balaban J connectivity index is 1.75. The normalized spacial score (nSPS) is 11.0. The van der Waals surface area contributed by atoms with Crippen LogP contribution in [0, 0.1) is 0 Å². The van der Waals surface area contributed by atoms with Gasteiger partial charge in [0, 0.05) is 13.0 Å². The monoisotopic (exact) mass is 410 g/mol. The van der Waals surface area contributed by atoms with Gasteiger partial charge in [-0.1, -0.05) is 24.3 Å². The Labute approximate surface area is 166 Å². The lowest BCUT2D eigenvalue weighted by Gasteiger charge is -2.13. The van der Waals surface area contributed by atoms with E-state index >= 15 is 0 Å². The van der Waals surface area contributed by atoms with Crippen LogP contribution in [-0.4, -0.2) is 31.7 Å². The summed E-state index contributed by atoms with van der Waals surface area (Å²) in [5.41, 5.74) is 0.928. The molecule has 29 heavy (non-hydrogen) atoms. The first-order valence-electron chi connectivity index (χ1n) is 8.77. The fourth-order valence-corrected chi connectivity index (χ4v) is 2.35. The van der Waals surface area contributed by atoms with Crippen molar-refractivity contribution in [2.75, 3.05) is 24.4 Å². The second-order valence-electron chi connectivity index (χ2n) is 6.05. The molecule has 2 amide bonds. The lowest BCUT2D eigenvalue weighted by molar-refractivity contribution is -0.167. The zero-order valence-corrected chi connectivity index (χ0v) is 15.7. The Morgan fingerprint density at radius 3 is 2.17 bits per heavy atom. The van der Waals surface area contributed by atoms with Crippen LogP contribution in [0.1, 0.15) is 18.4 Å².